The first kappa shape index (κ1) is 48.4. The summed E-state index contributed by atoms with van der Waals surface area (Å²) in [5.41, 5.74) is 7.44. The standard InChI is InChI=1S/C46H63N3O3.C3H8.C2H7N/c1-8-17-36(18-9-2)41-28-38-21-23-39(52-7)30-42(38)43-31-46(43,33-48(6)44-29-37(34(4)50)22-24-40(41)44)45(51)49(25-10-3)27-16-12-15-26-47(5)32-35-19-13-11-14-20-35;2*1-3-2/h11,13-14,19-24,28-30,36,43H,8-10,12,15-18,25-27,31-33H2,1-7H3;3H2,1-2H3;3H,1-2H3/b41-28+;;. The minimum atomic E-state index is -0.554. The molecule has 2 aliphatic rings. The first-order valence-electron chi connectivity index (χ1n) is 22.3. The number of nitrogens with zero attached hydrogens (tertiary/aromatic N) is 3. The van der Waals surface area contributed by atoms with Gasteiger partial charge in [-0.05, 0) is 120 Å². The van der Waals surface area contributed by atoms with Crippen LogP contribution in [0.25, 0.3) is 11.6 Å². The van der Waals surface area contributed by atoms with Crippen molar-refractivity contribution in [3.63, 3.8) is 0 Å². The maximum atomic E-state index is 15.0. The molecule has 7 heteroatoms. The molecule has 0 aromatic heterocycles. The van der Waals surface area contributed by atoms with Crippen LogP contribution in [0.3, 0.4) is 0 Å². The van der Waals surface area contributed by atoms with E-state index < -0.39 is 5.41 Å². The number of hydrogen-bond donors (Lipinski definition) is 1. The van der Waals surface area contributed by atoms with Gasteiger partial charge < -0.3 is 24.8 Å². The van der Waals surface area contributed by atoms with Crippen molar-refractivity contribution < 1.29 is 14.3 Å². The fraction of sp³-hybridized carbons (Fsp3) is 0.569. The lowest BCUT2D eigenvalue weighted by atomic mass is 9.81. The number of anilines is 1. The van der Waals surface area contributed by atoms with Crippen molar-refractivity contribution in [3.05, 3.63) is 94.5 Å². The molecule has 1 aliphatic heterocycles. The van der Waals surface area contributed by atoms with E-state index in [1.54, 1.807) is 14.0 Å². The summed E-state index contributed by atoms with van der Waals surface area (Å²) in [5, 5.41) is 2.75. The molecule has 58 heavy (non-hydrogen) atoms. The van der Waals surface area contributed by atoms with E-state index in [4.69, 9.17) is 4.74 Å². The summed E-state index contributed by atoms with van der Waals surface area (Å²) in [7, 11) is 9.80. The number of ketones is 1. The molecule has 0 saturated heterocycles. The Morgan fingerprint density at radius 1 is 0.879 bits per heavy atom. The second-order valence-corrected chi connectivity index (χ2v) is 16.7. The van der Waals surface area contributed by atoms with Gasteiger partial charge in [-0.15, -0.1) is 0 Å². The van der Waals surface area contributed by atoms with E-state index in [1.807, 2.05) is 20.2 Å². The molecule has 1 saturated carbocycles. The molecule has 3 aromatic rings. The number of hydrogen-bond acceptors (Lipinski definition) is 6. The lowest BCUT2D eigenvalue weighted by molar-refractivity contribution is -0.137. The van der Waals surface area contributed by atoms with Gasteiger partial charge in [0.15, 0.2) is 5.78 Å². The molecule has 320 valence electrons. The molecule has 2 unspecified atom stereocenters. The van der Waals surface area contributed by atoms with Crippen molar-refractivity contribution in [2.24, 2.45) is 11.3 Å². The quantitative estimate of drug-likeness (QED) is 0.102. The summed E-state index contributed by atoms with van der Waals surface area (Å²) in [6.45, 7) is 16.8. The van der Waals surface area contributed by atoms with Gasteiger partial charge in [0, 0.05) is 56.0 Å². The third-order valence-corrected chi connectivity index (χ3v) is 11.4. The molecule has 0 bridgehead atoms. The summed E-state index contributed by atoms with van der Waals surface area (Å²) in [6.07, 6.45) is 13.0. The van der Waals surface area contributed by atoms with E-state index in [0.717, 1.165) is 95.4 Å². The second-order valence-electron chi connectivity index (χ2n) is 16.7. The Hall–Kier alpha value is -3.94. The van der Waals surface area contributed by atoms with Gasteiger partial charge >= 0.3 is 0 Å². The van der Waals surface area contributed by atoms with E-state index in [2.05, 4.69) is 135 Å². The predicted molar refractivity (Wildman–Crippen MR) is 248 cm³/mol. The lowest BCUT2D eigenvalue weighted by Gasteiger charge is -2.34. The Morgan fingerprint density at radius 2 is 1.53 bits per heavy atom. The molecule has 5 rings (SSSR count). The molecule has 1 fully saturated rings. The maximum absolute atomic E-state index is 15.0. The van der Waals surface area contributed by atoms with Gasteiger partial charge in [0.2, 0.25) is 5.91 Å². The zero-order valence-corrected chi connectivity index (χ0v) is 38.3. The van der Waals surface area contributed by atoms with Crippen LogP contribution in [0.15, 0.2) is 66.7 Å². The maximum Gasteiger partial charge on any atom is 0.231 e. The first-order chi connectivity index (χ1) is 28.0. The highest BCUT2D eigenvalue weighted by Crippen LogP contribution is 2.62. The first-order valence-corrected chi connectivity index (χ1v) is 22.3. The molecule has 0 radical (unpaired) electrons. The van der Waals surface area contributed by atoms with Gasteiger partial charge in [-0.25, -0.2) is 0 Å². The topological polar surface area (TPSA) is 65.1 Å². The normalized spacial score (nSPS) is 17.6. The molecule has 1 N–H and O–H groups in total. The van der Waals surface area contributed by atoms with E-state index >= 15 is 4.79 Å². The highest BCUT2D eigenvalue weighted by Gasteiger charge is 2.62. The van der Waals surface area contributed by atoms with Gasteiger partial charge in [-0.3, -0.25) is 9.59 Å². The number of methoxy groups -OCH3 is 1. The fourth-order valence-electron chi connectivity index (χ4n) is 8.59. The monoisotopic (exact) mass is 795 g/mol. The number of unbranched alkanes of at least 4 members (excludes halogenated alkanes) is 2. The molecule has 3 aromatic carbocycles. The van der Waals surface area contributed by atoms with Crippen LogP contribution >= 0.6 is 0 Å². The minimum Gasteiger partial charge on any atom is -0.497 e. The van der Waals surface area contributed by atoms with Crippen molar-refractivity contribution >= 4 is 29.0 Å². The molecule has 7 nitrogen and oxygen atoms in total. The highest BCUT2D eigenvalue weighted by atomic mass is 16.5. The van der Waals surface area contributed by atoms with E-state index in [1.165, 1.54) is 34.2 Å². The van der Waals surface area contributed by atoms with E-state index in [-0.39, 0.29) is 17.6 Å². The van der Waals surface area contributed by atoms with Gasteiger partial charge in [-0.2, -0.15) is 0 Å². The average molecular weight is 795 g/mol. The van der Waals surface area contributed by atoms with Crippen molar-refractivity contribution in [3.8, 4) is 5.75 Å². The average Bonchev–Trinajstić information content (AvgIpc) is 3.94. The Labute approximate surface area is 353 Å². The molecule has 0 spiro atoms. The smallest absolute Gasteiger partial charge is 0.231 e. The SMILES string of the molecule is CCC.CCCC(CCC)/C1=C\c2ccc(OC)cc2C2CC2(C(=O)N(CCC)CCCCCN(C)Cc2ccccc2)CN(C)c2cc(C(C)=O)ccc21.CNC. The second kappa shape index (κ2) is 24.9. The summed E-state index contributed by atoms with van der Waals surface area (Å²) >= 11 is 0. The summed E-state index contributed by atoms with van der Waals surface area (Å²) in [4.78, 5) is 34.6. The predicted octanol–water partition coefficient (Wildman–Crippen LogP) is 11.4. The Balaban J connectivity index is 0.00000141. The van der Waals surface area contributed by atoms with Gasteiger partial charge in [0.1, 0.15) is 5.75 Å². The Kier molecular flexibility index (Phi) is 20.8. The van der Waals surface area contributed by atoms with Crippen LogP contribution in [0.1, 0.15) is 144 Å². The number of carbonyl (C=O) groups excluding carboxylic acids is 2. The van der Waals surface area contributed by atoms with Crippen molar-refractivity contribution in [1.29, 1.82) is 0 Å². The molecule has 1 aliphatic carbocycles. The van der Waals surface area contributed by atoms with Gasteiger partial charge in [0.25, 0.3) is 0 Å². The zero-order valence-electron chi connectivity index (χ0n) is 38.3. The highest BCUT2D eigenvalue weighted by molar-refractivity contribution is 5.98. The van der Waals surface area contributed by atoms with Gasteiger partial charge in [0.05, 0.1) is 12.5 Å². The summed E-state index contributed by atoms with van der Waals surface area (Å²) in [5.74, 6) is 1.64. The number of benzene rings is 3. The summed E-state index contributed by atoms with van der Waals surface area (Å²) in [6, 6.07) is 23.3. The lowest BCUT2D eigenvalue weighted by Crippen LogP contribution is -2.44. The number of nitrogens with one attached hydrogen (secondary N) is 1. The largest absolute Gasteiger partial charge is 0.497 e. The van der Waals surface area contributed by atoms with Crippen LogP contribution < -0.4 is 15.0 Å². The number of amides is 1. The van der Waals surface area contributed by atoms with Crippen molar-refractivity contribution in [2.45, 2.75) is 118 Å². The van der Waals surface area contributed by atoms with Gasteiger partial charge in [-0.1, -0.05) is 115 Å². The van der Waals surface area contributed by atoms with Crippen LogP contribution in [-0.4, -0.2) is 83.0 Å². The van der Waals surface area contributed by atoms with Crippen LogP contribution in [-0.2, 0) is 11.3 Å². The number of rotatable bonds is 18. The number of Topliss-reactive ketones (excluding diaryl/α,β-unsaturated/α-hetero) is 1. The molecule has 2 atom stereocenters. The number of ether oxygens (including phenoxy) is 1. The zero-order chi connectivity index (χ0) is 42.7. The van der Waals surface area contributed by atoms with Crippen LogP contribution in [0, 0.1) is 11.3 Å². The number of allylic oxidation sites excluding steroid dienone is 1. The molecular formula is C51H78N4O3. The van der Waals surface area contributed by atoms with Crippen LogP contribution in [0.2, 0.25) is 0 Å². The van der Waals surface area contributed by atoms with Crippen LogP contribution in [0.4, 0.5) is 5.69 Å². The molecule has 1 heterocycles. The third kappa shape index (κ3) is 13.3. The van der Waals surface area contributed by atoms with E-state index in [0.29, 0.717) is 18.0 Å². The number of fused-ring (bicyclic) bond motifs is 4. The number of carbonyl (C=O) groups is 2. The van der Waals surface area contributed by atoms with Crippen LogP contribution in [0.5, 0.6) is 5.75 Å². The third-order valence-electron chi connectivity index (χ3n) is 11.4. The van der Waals surface area contributed by atoms with Crippen molar-refractivity contribution in [2.75, 3.05) is 66.4 Å². The fourth-order valence-corrected chi connectivity index (χ4v) is 8.59. The molecular weight excluding hydrogens is 717 g/mol. The van der Waals surface area contributed by atoms with E-state index in [9.17, 15) is 4.79 Å². The van der Waals surface area contributed by atoms with Crippen molar-refractivity contribution in [1.82, 2.24) is 15.1 Å². The molecule has 1 amide bonds. The summed E-state index contributed by atoms with van der Waals surface area (Å²) < 4.78 is 5.78. The Morgan fingerprint density at radius 3 is 2.14 bits per heavy atom. The Bertz CT molecular complexity index is 1710. The minimum absolute atomic E-state index is 0.0606.